The molecule has 0 saturated heterocycles. The highest BCUT2D eigenvalue weighted by molar-refractivity contribution is 6.32. The Kier molecular flexibility index (Phi) is 2.53. The van der Waals surface area contributed by atoms with Gasteiger partial charge in [0.15, 0.2) is 11.6 Å². The maximum Gasteiger partial charge on any atom is 0.435 e. The van der Waals surface area contributed by atoms with Crippen LogP contribution in [0.5, 0.6) is 0 Å². The van der Waals surface area contributed by atoms with Crippen molar-refractivity contribution in [1.29, 1.82) is 0 Å². The molecule has 9 heteroatoms. The number of H-pyrrole nitrogens is 1. The first kappa shape index (κ1) is 11.8. The number of aryl methyl sites for hydroxylation is 1. The van der Waals surface area contributed by atoms with Gasteiger partial charge < -0.3 is 10.7 Å². The van der Waals surface area contributed by atoms with Crippen molar-refractivity contribution < 1.29 is 13.2 Å². The summed E-state index contributed by atoms with van der Waals surface area (Å²) in [5, 5.41) is 3.20. The minimum absolute atomic E-state index is 0.00745. The predicted octanol–water partition coefficient (Wildman–Crippen LogP) is 2.06. The first-order valence-corrected chi connectivity index (χ1v) is 4.79. The van der Waals surface area contributed by atoms with Crippen LogP contribution in [-0.4, -0.2) is 19.7 Å². The molecule has 0 unspecified atom stereocenters. The van der Waals surface area contributed by atoms with E-state index in [1.807, 2.05) is 0 Å². The van der Waals surface area contributed by atoms with Crippen LogP contribution in [0.15, 0.2) is 6.20 Å². The van der Waals surface area contributed by atoms with Crippen molar-refractivity contribution in [2.45, 2.75) is 6.18 Å². The normalized spacial score (nSPS) is 12.1. The van der Waals surface area contributed by atoms with E-state index in [4.69, 9.17) is 17.3 Å². The van der Waals surface area contributed by atoms with E-state index < -0.39 is 11.9 Å². The van der Waals surface area contributed by atoms with E-state index in [-0.39, 0.29) is 22.4 Å². The van der Waals surface area contributed by atoms with Crippen LogP contribution in [0.1, 0.15) is 5.69 Å². The SMILES string of the molecule is Cn1nc(C(F)(F)F)c(-c2cnc(N)[nH]2)c1Cl. The fourth-order valence-corrected chi connectivity index (χ4v) is 1.63. The number of nitrogens with zero attached hydrogens (tertiary/aromatic N) is 3. The molecule has 0 aliphatic carbocycles. The van der Waals surface area contributed by atoms with Crippen LogP contribution in [0.3, 0.4) is 0 Å². The molecule has 2 heterocycles. The molecule has 0 aromatic carbocycles. The number of halogens is 4. The summed E-state index contributed by atoms with van der Waals surface area (Å²) in [5.74, 6) is 0.00745. The average molecular weight is 266 g/mol. The summed E-state index contributed by atoms with van der Waals surface area (Å²) in [5.41, 5.74) is 4.06. The third-order valence-electron chi connectivity index (χ3n) is 2.11. The lowest BCUT2D eigenvalue weighted by molar-refractivity contribution is -0.141. The van der Waals surface area contributed by atoms with Crippen LogP contribution in [0, 0.1) is 0 Å². The Morgan fingerprint density at radius 1 is 1.47 bits per heavy atom. The maximum atomic E-state index is 12.7. The van der Waals surface area contributed by atoms with Crippen molar-refractivity contribution in [2.24, 2.45) is 7.05 Å². The van der Waals surface area contributed by atoms with Crippen molar-refractivity contribution in [1.82, 2.24) is 19.7 Å². The van der Waals surface area contributed by atoms with E-state index >= 15 is 0 Å². The minimum atomic E-state index is -4.60. The second-order valence-corrected chi connectivity index (χ2v) is 3.68. The summed E-state index contributed by atoms with van der Waals surface area (Å²) < 4.78 is 39.1. The van der Waals surface area contributed by atoms with Crippen LogP contribution in [0.4, 0.5) is 19.1 Å². The number of nitrogens with one attached hydrogen (secondary N) is 1. The minimum Gasteiger partial charge on any atom is -0.369 e. The highest BCUT2D eigenvalue weighted by atomic mass is 35.5. The second kappa shape index (κ2) is 3.66. The van der Waals surface area contributed by atoms with Gasteiger partial charge in [0.2, 0.25) is 0 Å². The van der Waals surface area contributed by atoms with E-state index in [0.717, 1.165) is 4.68 Å². The van der Waals surface area contributed by atoms with Crippen LogP contribution < -0.4 is 5.73 Å². The molecular formula is C8H7ClF3N5. The van der Waals surface area contributed by atoms with Gasteiger partial charge >= 0.3 is 6.18 Å². The average Bonchev–Trinajstić information content (AvgIpc) is 2.72. The van der Waals surface area contributed by atoms with Gasteiger partial charge in [-0.05, 0) is 0 Å². The lowest BCUT2D eigenvalue weighted by Gasteiger charge is -2.04. The van der Waals surface area contributed by atoms with Gasteiger partial charge in [-0.3, -0.25) is 4.68 Å². The Balaban J connectivity index is 2.67. The molecule has 0 fully saturated rings. The summed E-state index contributed by atoms with van der Waals surface area (Å²) in [7, 11) is 1.32. The third-order valence-corrected chi connectivity index (χ3v) is 2.54. The van der Waals surface area contributed by atoms with Crippen molar-refractivity contribution in [3.8, 4) is 11.3 Å². The molecule has 2 aromatic heterocycles. The largest absolute Gasteiger partial charge is 0.435 e. The van der Waals surface area contributed by atoms with Crippen LogP contribution in [0.25, 0.3) is 11.3 Å². The van der Waals surface area contributed by atoms with Gasteiger partial charge in [0.1, 0.15) is 5.15 Å². The highest BCUT2D eigenvalue weighted by Gasteiger charge is 2.39. The van der Waals surface area contributed by atoms with E-state index in [2.05, 4.69) is 15.1 Å². The number of alkyl halides is 3. The predicted molar refractivity (Wildman–Crippen MR) is 55.2 cm³/mol. The number of nitrogens with two attached hydrogens (primary N) is 1. The van der Waals surface area contributed by atoms with Crippen molar-refractivity contribution >= 4 is 17.5 Å². The maximum absolute atomic E-state index is 12.7. The van der Waals surface area contributed by atoms with E-state index in [1.165, 1.54) is 13.2 Å². The number of aromatic amines is 1. The van der Waals surface area contributed by atoms with Crippen molar-refractivity contribution in [3.05, 3.63) is 17.0 Å². The second-order valence-electron chi connectivity index (χ2n) is 3.32. The zero-order valence-electron chi connectivity index (χ0n) is 8.51. The van der Waals surface area contributed by atoms with Crippen molar-refractivity contribution in [2.75, 3.05) is 5.73 Å². The Labute approximate surface area is 98.4 Å². The number of imidazole rings is 1. The van der Waals surface area contributed by atoms with Gasteiger partial charge in [-0.25, -0.2) is 4.98 Å². The lowest BCUT2D eigenvalue weighted by atomic mass is 10.2. The molecule has 5 nitrogen and oxygen atoms in total. The van der Waals surface area contributed by atoms with Gasteiger partial charge in [-0.1, -0.05) is 11.6 Å². The van der Waals surface area contributed by atoms with Crippen LogP contribution in [0.2, 0.25) is 5.15 Å². The first-order chi connectivity index (χ1) is 7.80. The summed E-state index contributed by atoms with van der Waals surface area (Å²) >= 11 is 5.78. The molecule has 0 spiro atoms. The fraction of sp³-hybridized carbons (Fsp3) is 0.250. The van der Waals surface area contributed by atoms with Crippen LogP contribution in [-0.2, 0) is 13.2 Å². The smallest absolute Gasteiger partial charge is 0.369 e. The van der Waals surface area contributed by atoms with E-state index in [1.54, 1.807) is 0 Å². The van der Waals surface area contributed by atoms with Gasteiger partial charge in [-0.15, -0.1) is 0 Å². The quantitative estimate of drug-likeness (QED) is 0.829. The monoisotopic (exact) mass is 265 g/mol. The Morgan fingerprint density at radius 3 is 2.59 bits per heavy atom. The molecule has 0 atom stereocenters. The number of hydrogen-bond donors (Lipinski definition) is 2. The molecule has 17 heavy (non-hydrogen) atoms. The molecule has 0 aliphatic heterocycles. The number of aromatic nitrogens is 4. The van der Waals surface area contributed by atoms with Gasteiger partial charge in [0, 0.05) is 7.05 Å². The topological polar surface area (TPSA) is 72.5 Å². The molecule has 0 saturated carbocycles. The molecule has 0 radical (unpaired) electrons. The van der Waals surface area contributed by atoms with Gasteiger partial charge in [-0.2, -0.15) is 18.3 Å². The Hall–Kier alpha value is -1.70. The lowest BCUT2D eigenvalue weighted by Crippen LogP contribution is -2.08. The molecular weight excluding hydrogens is 259 g/mol. The summed E-state index contributed by atoms with van der Waals surface area (Å²) in [4.78, 5) is 6.11. The first-order valence-electron chi connectivity index (χ1n) is 4.41. The zero-order valence-corrected chi connectivity index (χ0v) is 9.26. The molecule has 3 N–H and O–H groups in total. The van der Waals surface area contributed by atoms with Crippen molar-refractivity contribution in [3.63, 3.8) is 0 Å². The zero-order chi connectivity index (χ0) is 12.8. The molecule has 2 aromatic rings. The number of anilines is 1. The summed E-state index contributed by atoms with van der Waals surface area (Å²) in [6, 6.07) is 0. The summed E-state index contributed by atoms with van der Waals surface area (Å²) in [6.45, 7) is 0. The van der Waals surface area contributed by atoms with E-state index in [0.29, 0.717) is 0 Å². The Bertz CT molecular complexity index is 556. The number of nitrogen functional groups attached to an aromatic ring is 1. The van der Waals surface area contributed by atoms with Gasteiger partial charge in [0.05, 0.1) is 17.5 Å². The standard InChI is InChI=1S/C8H7ClF3N5/c1-17-6(9)4(3-2-14-7(13)15-3)5(16-17)8(10,11)12/h2H,1H3,(H3,13,14,15). The Morgan fingerprint density at radius 2 is 2.12 bits per heavy atom. The molecule has 92 valence electrons. The number of hydrogen-bond acceptors (Lipinski definition) is 3. The van der Waals surface area contributed by atoms with E-state index in [9.17, 15) is 13.2 Å². The highest BCUT2D eigenvalue weighted by Crippen LogP contribution is 2.39. The molecule has 2 rings (SSSR count). The molecule has 0 bridgehead atoms. The van der Waals surface area contributed by atoms with Crippen LogP contribution >= 0.6 is 11.6 Å². The van der Waals surface area contributed by atoms with Gasteiger partial charge in [0.25, 0.3) is 0 Å². The third kappa shape index (κ3) is 1.95. The summed E-state index contributed by atoms with van der Waals surface area (Å²) in [6.07, 6.45) is -3.42. The molecule has 0 aliphatic rings. The molecule has 0 amide bonds. The number of rotatable bonds is 1. The fourth-order valence-electron chi connectivity index (χ4n) is 1.40.